The zero-order valence-electron chi connectivity index (χ0n) is 37.0. The largest absolute Gasteiger partial charge is 0.479 e. The number of nitrogens with zero attached hydrogens (tertiary/aromatic N) is 11. The van der Waals surface area contributed by atoms with Crippen LogP contribution in [0.25, 0.3) is 22.3 Å². The molecule has 2 fully saturated rings. The molecule has 8 atom stereocenters. The summed E-state index contributed by atoms with van der Waals surface area (Å²) >= 11 is 11.7. The lowest BCUT2D eigenvalue weighted by molar-refractivity contribution is -0.191. The number of aliphatic hydroxyl groups is 2. The smallest absolute Gasteiger partial charge is 0.348 e. The number of rotatable bonds is 18. The van der Waals surface area contributed by atoms with Crippen molar-refractivity contribution in [3.63, 3.8) is 0 Å². The highest BCUT2D eigenvalue weighted by atomic mass is 35.5. The molecule has 0 aliphatic carbocycles. The average molecular weight is 1060 g/mol. The fourth-order valence-electron chi connectivity index (χ4n) is 7.91. The van der Waals surface area contributed by atoms with Gasteiger partial charge in [-0.25, -0.2) is 37.9 Å². The number of aromatic nitrogens is 12. The van der Waals surface area contributed by atoms with Gasteiger partial charge in [-0.3, -0.25) is 18.9 Å². The Morgan fingerprint density at radius 1 is 0.699 bits per heavy atom. The molecule has 28 nitrogen and oxygen atoms in total. The molecule has 0 spiro atoms. The van der Waals surface area contributed by atoms with E-state index in [1.165, 1.54) is 35.8 Å². The van der Waals surface area contributed by atoms with Gasteiger partial charge in [0.15, 0.2) is 47.7 Å². The SMILES string of the molecule is Nc1nc(Cl)nc2c1ncn2[C@@H]1O[C@H](COC(Cc2cn[nH]c2)(C(=O)O)C(=O)O)[C@@H](O)[C@@H]1F.Nc1nc(Cl)nc2c1ncn2[C@@H]1O[C@H](COC(Cc2cnn(Cc3ccccc3)c2)(C(=O)O)C(=O)O)[C@@H](O)[C@@H]1F. The number of carboxylic acid groups (broad SMARTS) is 4. The molecule has 386 valence electrons. The molecule has 32 heteroatoms. The Morgan fingerprint density at radius 2 is 1.16 bits per heavy atom. The number of halogens is 4. The summed E-state index contributed by atoms with van der Waals surface area (Å²) in [5.74, 6) is -7.27. The maximum Gasteiger partial charge on any atom is 0.348 e. The zero-order valence-corrected chi connectivity index (χ0v) is 38.6. The number of imidazole rings is 2. The van der Waals surface area contributed by atoms with Crippen molar-refractivity contribution in [2.75, 3.05) is 24.7 Å². The van der Waals surface area contributed by atoms with Crippen molar-refractivity contribution in [2.45, 2.75) is 79.8 Å². The van der Waals surface area contributed by atoms with Crippen LogP contribution in [0.4, 0.5) is 20.4 Å². The quantitative estimate of drug-likeness (QED) is 0.0420. The fraction of sp³-hybridized carbons (Fsp3) is 0.366. The highest BCUT2D eigenvalue weighted by Crippen LogP contribution is 2.37. The van der Waals surface area contributed by atoms with Gasteiger partial charge >= 0.3 is 23.9 Å². The van der Waals surface area contributed by atoms with E-state index in [2.05, 4.69) is 45.2 Å². The second kappa shape index (κ2) is 20.9. The van der Waals surface area contributed by atoms with Crippen LogP contribution in [0, 0.1) is 0 Å². The maximum absolute atomic E-state index is 15.2. The van der Waals surface area contributed by atoms with Gasteiger partial charge in [0.25, 0.3) is 11.2 Å². The van der Waals surface area contributed by atoms with Gasteiger partial charge in [0.2, 0.25) is 10.6 Å². The summed E-state index contributed by atoms with van der Waals surface area (Å²) in [6, 6.07) is 9.33. The molecule has 2 aliphatic heterocycles. The predicted molar refractivity (Wildman–Crippen MR) is 241 cm³/mol. The molecule has 0 radical (unpaired) electrons. The predicted octanol–water partition coefficient (Wildman–Crippen LogP) is 0.619. The number of fused-ring (bicyclic) bond motifs is 2. The summed E-state index contributed by atoms with van der Waals surface area (Å²) in [7, 11) is 0. The van der Waals surface area contributed by atoms with Crippen LogP contribution >= 0.6 is 23.2 Å². The van der Waals surface area contributed by atoms with Gasteiger partial charge in [-0.1, -0.05) is 30.3 Å². The third kappa shape index (κ3) is 10.3. The number of nitrogens with one attached hydrogen (secondary N) is 1. The highest BCUT2D eigenvalue weighted by Gasteiger charge is 2.54. The number of alkyl halides is 2. The van der Waals surface area contributed by atoms with E-state index in [1.54, 1.807) is 0 Å². The number of ether oxygens (including phenoxy) is 4. The van der Waals surface area contributed by atoms with Crippen molar-refractivity contribution in [1.82, 2.24) is 59.0 Å². The van der Waals surface area contributed by atoms with Gasteiger partial charge in [-0.05, 0) is 39.9 Å². The van der Waals surface area contributed by atoms with Gasteiger partial charge < -0.3 is 61.1 Å². The Balaban J connectivity index is 0.000000199. The van der Waals surface area contributed by atoms with Crippen LogP contribution in [0.5, 0.6) is 0 Å². The molecule has 0 saturated carbocycles. The molecule has 0 bridgehead atoms. The average Bonchev–Trinajstić information content (AvgIpc) is 4.22. The van der Waals surface area contributed by atoms with E-state index >= 15 is 4.39 Å². The van der Waals surface area contributed by atoms with Crippen molar-refractivity contribution in [1.29, 1.82) is 0 Å². The Hall–Kier alpha value is -7.58. The van der Waals surface area contributed by atoms with E-state index in [0.29, 0.717) is 6.54 Å². The molecule has 7 aromatic rings. The lowest BCUT2D eigenvalue weighted by Crippen LogP contribution is -2.52. The number of carboxylic acids is 4. The second-order valence-corrected chi connectivity index (χ2v) is 17.1. The van der Waals surface area contributed by atoms with E-state index in [4.69, 9.17) is 53.6 Å². The van der Waals surface area contributed by atoms with Crippen LogP contribution in [0.3, 0.4) is 0 Å². The van der Waals surface area contributed by atoms with Gasteiger partial charge in [0, 0.05) is 25.2 Å². The summed E-state index contributed by atoms with van der Waals surface area (Å²) < 4.78 is 55.7. The number of benzene rings is 1. The molecule has 2 saturated heterocycles. The van der Waals surface area contributed by atoms with Gasteiger partial charge in [0.05, 0.1) is 44.8 Å². The minimum atomic E-state index is -2.77. The van der Waals surface area contributed by atoms with E-state index < -0.39 is 110 Å². The number of hydrogen-bond acceptors (Lipinski definition) is 20. The van der Waals surface area contributed by atoms with Crippen molar-refractivity contribution in [3.05, 3.63) is 95.0 Å². The van der Waals surface area contributed by atoms with Crippen LogP contribution in [0.2, 0.25) is 10.6 Å². The van der Waals surface area contributed by atoms with Crippen molar-refractivity contribution in [2.24, 2.45) is 0 Å². The maximum atomic E-state index is 15.2. The minimum Gasteiger partial charge on any atom is -0.479 e. The molecule has 0 amide bonds. The first kappa shape index (κ1) is 51.8. The summed E-state index contributed by atoms with van der Waals surface area (Å²) in [6.45, 7) is -1.14. The molecule has 2 aliphatic rings. The van der Waals surface area contributed by atoms with Crippen molar-refractivity contribution >= 4 is 81.0 Å². The van der Waals surface area contributed by atoms with E-state index in [9.17, 15) is 54.2 Å². The number of aliphatic hydroxyl groups excluding tert-OH is 2. The summed E-state index contributed by atoms with van der Waals surface area (Å²) in [6.07, 6.45) is -6.89. The Labute approximate surface area is 416 Å². The summed E-state index contributed by atoms with van der Waals surface area (Å²) in [5.41, 5.74) is 7.79. The monoisotopic (exact) mass is 1060 g/mol. The van der Waals surface area contributed by atoms with E-state index in [1.807, 2.05) is 30.3 Å². The number of nitrogen functional groups attached to an aromatic ring is 2. The first-order valence-electron chi connectivity index (χ1n) is 21.2. The number of carbonyl (C=O) groups is 4. The third-order valence-electron chi connectivity index (χ3n) is 11.7. The van der Waals surface area contributed by atoms with Crippen LogP contribution in [0.1, 0.15) is 29.1 Å². The molecule has 6 aromatic heterocycles. The normalized spacial score (nSPS) is 22.1. The fourth-order valence-corrected chi connectivity index (χ4v) is 8.25. The molecule has 9 rings (SSSR count). The molecular weight excluding hydrogens is 1020 g/mol. The van der Waals surface area contributed by atoms with Gasteiger partial charge in [0.1, 0.15) is 35.4 Å². The lowest BCUT2D eigenvalue weighted by atomic mass is 9.96. The molecule has 1 aromatic carbocycles. The molecular formula is C41H40Cl2F2N14O14. The van der Waals surface area contributed by atoms with Crippen LogP contribution in [-0.4, -0.2) is 175 Å². The van der Waals surface area contributed by atoms with E-state index in [-0.39, 0.29) is 55.7 Å². The molecule has 73 heavy (non-hydrogen) atoms. The molecule has 0 unspecified atom stereocenters. The second-order valence-electron chi connectivity index (χ2n) is 16.4. The molecule has 11 N–H and O–H groups in total. The van der Waals surface area contributed by atoms with Gasteiger partial charge in [-0.15, -0.1) is 0 Å². The summed E-state index contributed by atoms with van der Waals surface area (Å²) in [5, 5.41) is 69.6. The third-order valence-corrected chi connectivity index (χ3v) is 12.0. The van der Waals surface area contributed by atoms with Crippen LogP contribution < -0.4 is 11.5 Å². The Bertz CT molecular complexity index is 3120. The van der Waals surface area contributed by atoms with Crippen LogP contribution in [0.15, 0.2) is 67.8 Å². The molecule has 8 heterocycles. The van der Waals surface area contributed by atoms with Crippen molar-refractivity contribution in [3.8, 4) is 0 Å². The highest BCUT2D eigenvalue weighted by molar-refractivity contribution is 6.29. The lowest BCUT2D eigenvalue weighted by Gasteiger charge is -2.27. The first-order chi connectivity index (χ1) is 34.7. The van der Waals surface area contributed by atoms with E-state index in [0.717, 1.165) is 21.0 Å². The van der Waals surface area contributed by atoms with Crippen molar-refractivity contribution < 1.29 is 77.5 Å². The Kier molecular flexibility index (Phi) is 14.8. The Morgan fingerprint density at radius 3 is 1.60 bits per heavy atom. The number of aromatic amines is 1. The van der Waals surface area contributed by atoms with Crippen LogP contribution in [-0.2, 0) is 57.5 Å². The number of H-pyrrole nitrogens is 1. The van der Waals surface area contributed by atoms with Gasteiger partial charge in [-0.2, -0.15) is 30.1 Å². The zero-order chi connectivity index (χ0) is 52.5. The number of aliphatic carboxylic acids is 4. The number of nitrogens with two attached hydrogens (primary N) is 2. The number of anilines is 2. The topological polar surface area (TPSA) is 412 Å². The standard InChI is InChI=1S/C24H23ClFN7O7.C17H17ClFN7O7/c25-23-30-18(27)16-19(31-23)33(11-28-16)20-15(26)17(34)14(40-20)10-39-24(21(35)36,22(37)38)6-13-7-29-32(9-13)8-12-4-2-1-3-5-12;18-16-24-11(20)9-12(25-16)26(5-21-9)13-8(19)10(27)7(33-13)4-32-17(14(28)29,15(30)31)1-6-2-22-23-3-6/h1-5,7,9,11,14-15,17,20,34H,6,8,10H2,(H,35,36)(H,37,38)(H2,27,30,31);2-3,5,7-8,10,13,27H,1,4H2,(H,22,23)(H,28,29)(H,30,31)(H2,20,24,25)/t14-,15+,17-,20-;7-,8+,10-,13-/m11/s1. The minimum absolute atomic E-state index is 0.0388. The first-order valence-corrected chi connectivity index (χ1v) is 22.0. The summed E-state index contributed by atoms with van der Waals surface area (Å²) in [4.78, 5) is 71.6. The number of hydrogen-bond donors (Lipinski definition) is 9.